The first kappa shape index (κ1) is 97.5. The van der Waals surface area contributed by atoms with Gasteiger partial charge in [0, 0.05) is 138 Å². The maximum Gasteiger partial charge on any atom is 0.222 e. The summed E-state index contributed by atoms with van der Waals surface area (Å²) in [6.45, 7) is 3.04. The van der Waals surface area contributed by atoms with E-state index in [1.54, 1.807) is 6.92 Å². The second-order valence-corrected chi connectivity index (χ2v) is 26.2. The van der Waals surface area contributed by atoms with Gasteiger partial charge in [-0.15, -0.1) is 0 Å². The standard InChI is InChI=1S/C68H123N11O29/c1-43(76-44(2)84)65(106-48(37-81)47(87)36-80)103-30-9-6-16-52(89)70-24-13-27-73-55(92)21-33-100-40-68(79-58(95)20-12-19-51(88)69-5,41-101-34-22-56(93)74-28-14-25-71-53(90)17-7-10-31-104-66-59(77-45(3)85)63(98)61(96)49(38-82)107-66)42-102-35-23-57(94)75-29-15-26-72-54(91)18-8-11-32-105-67-60(78-46(4)86)64(99)62(97)50(39-83)108-67/h43,47-50,59-67,80-83,87,96-99H,6-42H2,1-5H3,(H,69,88)(H,70,89)(H,71,90)(H,72,91)(H,73,92)(H,74,93)(H,75,94)(H,76,84)(H,77,85)(H,78,86)(H,79,95)/t43-,47+,48?,49?,50?,59-,60?,61-,62?,63?,64?,65+,66+,67?,68?/m0/s1. The van der Waals surface area contributed by atoms with Gasteiger partial charge in [-0.3, -0.25) is 52.7 Å². The van der Waals surface area contributed by atoms with E-state index in [0.29, 0.717) is 57.8 Å². The summed E-state index contributed by atoms with van der Waals surface area (Å²) in [5.74, 6) is -4.13. The van der Waals surface area contributed by atoms with Gasteiger partial charge in [0.2, 0.25) is 65.0 Å². The van der Waals surface area contributed by atoms with Gasteiger partial charge in [-0.1, -0.05) is 0 Å². The van der Waals surface area contributed by atoms with E-state index in [4.69, 9.17) is 42.6 Å². The summed E-state index contributed by atoms with van der Waals surface area (Å²) < 4.78 is 51.9. The summed E-state index contributed by atoms with van der Waals surface area (Å²) in [7, 11) is 1.46. The summed E-state index contributed by atoms with van der Waals surface area (Å²) in [5, 5.41) is 119. The molecule has 108 heavy (non-hydrogen) atoms. The van der Waals surface area contributed by atoms with E-state index in [2.05, 4.69) is 58.5 Å². The zero-order chi connectivity index (χ0) is 80.2. The van der Waals surface area contributed by atoms with Crippen LogP contribution < -0.4 is 58.5 Å². The molecule has 0 aromatic heterocycles. The van der Waals surface area contributed by atoms with Crippen LogP contribution in [0, 0.1) is 0 Å². The van der Waals surface area contributed by atoms with Crippen LogP contribution in [-0.2, 0) is 95.4 Å². The first-order valence-corrected chi connectivity index (χ1v) is 36.9. The van der Waals surface area contributed by atoms with Crippen molar-refractivity contribution in [3.05, 3.63) is 0 Å². The second-order valence-electron chi connectivity index (χ2n) is 26.2. The van der Waals surface area contributed by atoms with E-state index in [1.165, 1.54) is 27.8 Å². The van der Waals surface area contributed by atoms with E-state index in [-0.39, 0.29) is 186 Å². The number of ether oxygens (including phenoxy) is 9. The molecule has 0 radical (unpaired) electrons. The topological polar surface area (TPSA) is 585 Å². The number of aliphatic hydroxyl groups excluding tert-OH is 9. The summed E-state index contributed by atoms with van der Waals surface area (Å²) in [6.07, 6.45) is -10.5. The Kier molecular flexibility index (Phi) is 51.9. The number of carbonyl (C=O) groups excluding carboxylic acids is 11. The van der Waals surface area contributed by atoms with Crippen molar-refractivity contribution in [1.82, 2.24) is 58.5 Å². The molecule has 0 aliphatic carbocycles. The van der Waals surface area contributed by atoms with Crippen LogP contribution in [0.15, 0.2) is 0 Å². The molecule has 624 valence electrons. The van der Waals surface area contributed by atoms with Crippen LogP contribution in [0.5, 0.6) is 0 Å². The molecule has 2 fully saturated rings. The number of rotatable bonds is 61. The van der Waals surface area contributed by atoms with Gasteiger partial charge in [-0.05, 0) is 71.1 Å². The van der Waals surface area contributed by atoms with E-state index in [0.717, 1.165) is 0 Å². The van der Waals surface area contributed by atoms with Gasteiger partial charge in [0.05, 0.1) is 72.1 Å². The van der Waals surface area contributed by atoms with Gasteiger partial charge < -0.3 is 147 Å². The van der Waals surface area contributed by atoms with Gasteiger partial charge >= 0.3 is 0 Å². The zero-order valence-corrected chi connectivity index (χ0v) is 62.9. The van der Waals surface area contributed by atoms with E-state index >= 15 is 0 Å². The lowest BCUT2D eigenvalue weighted by Crippen LogP contribution is -2.64. The average molecular weight is 1560 g/mol. The monoisotopic (exact) mass is 1560 g/mol. The van der Waals surface area contributed by atoms with Gasteiger partial charge in [0.15, 0.2) is 18.9 Å². The number of amides is 11. The normalized spacial score (nSPS) is 21.5. The van der Waals surface area contributed by atoms with Gasteiger partial charge in [-0.25, -0.2) is 0 Å². The summed E-state index contributed by atoms with van der Waals surface area (Å²) >= 11 is 0. The Balaban J connectivity index is 1.97. The van der Waals surface area contributed by atoms with Gasteiger partial charge in [0.25, 0.3) is 0 Å². The number of hydrogen-bond donors (Lipinski definition) is 20. The van der Waals surface area contributed by atoms with Crippen molar-refractivity contribution in [2.45, 2.75) is 235 Å². The lowest BCUT2D eigenvalue weighted by atomic mass is 9.97. The van der Waals surface area contributed by atoms with E-state index < -0.39 is 153 Å². The minimum absolute atomic E-state index is 0.0377. The Bertz CT molecular complexity index is 2530. The third kappa shape index (κ3) is 42.6. The predicted molar refractivity (Wildman–Crippen MR) is 379 cm³/mol. The molecule has 0 aromatic carbocycles. The number of unbranched alkanes of at least 4 members (excludes halogenated alkanes) is 3. The van der Waals surface area contributed by atoms with Crippen molar-refractivity contribution in [1.29, 1.82) is 0 Å². The molecule has 0 bridgehead atoms. The fourth-order valence-corrected chi connectivity index (χ4v) is 10.8. The van der Waals surface area contributed by atoms with Crippen molar-refractivity contribution in [2.75, 3.05) is 132 Å². The molecule has 2 rings (SSSR count). The van der Waals surface area contributed by atoms with Crippen LogP contribution in [-0.4, -0.2) is 335 Å². The molecule has 0 spiro atoms. The maximum atomic E-state index is 13.6. The third-order valence-electron chi connectivity index (χ3n) is 16.7. The number of aliphatic hydroxyl groups is 9. The fraction of sp³-hybridized carbons (Fsp3) is 0.838. The highest BCUT2D eigenvalue weighted by Crippen LogP contribution is 2.25. The van der Waals surface area contributed by atoms with Crippen molar-refractivity contribution >= 4 is 65.0 Å². The largest absolute Gasteiger partial charge is 0.394 e. The summed E-state index contributed by atoms with van der Waals surface area (Å²) in [5.41, 5.74) is -1.48. The highest BCUT2D eigenvalue weighted by atomic mass is 16.7. The number of hydrogen-bond acceptors (Lipinski definition) is 29. The molecule has 0 saturated carbocycles. The molecule has 20 N–H and O–H groups in total. The minimum atomic E-state index is -1.48. The van der Waals surface area contributed by atoms with Crippen LogP contribution in [0.4, 0.5) is 0 Å². The Hall–Kier alpha value is -6.55. The molecular weight excluding hydrogens is 1430 g/mol. The second kappa shape index (κ2) is 57.5. The van der Waals surface area contributed by atoms with Crippen molar-refractivity contribution in [2.24, 2.45) is 0 Å². The lowest BCUT2D eigenvalue weighted by Gasteiger charge is -2.42. The molecule has 2 saturated heterocycles. The SMILES string of the molecule is CNC(=O)CCCC(=O)NC(COCCC(=O)NCCCNC(=O)CCCCOC1OC(CO)C(O)C(O)C1NC(C)=O)(COCCC(=O)NCCCNC(=O)CCCCO[C@H](OC(CO)[C@H](O)CO)[C@H](C)NC(C)=O)COCCC(=O)NCCCNC(=O)CCCCO[C@@H]1OC(CO)[C@H](O)C(O)[C@@H]1NC(C)=O. The summed E-state index contributed by atoms with van der Waals surface area (Å²) in [6, 6.07) is -2.88. The molecule has 40 heteroatoms. The third-order valence-corrected chi connectivity index (χ3v) is 16.7. The van der Waals surface area contributed by atoms with Crippen LogP contribution >= 0.6 is 0 Å². The highest BCUT2D eigenvalue weighted by Gasteiger charge is 2.47. The summed E-state index contributed by atoms with van der Waals surface area (Å²) in [4.78, 5) is 137. The van der Waals surface area contributed by atoms with Crippen molar-refractivity contribution in [3.8, 4) is 0 Å². The van der Waals surface area contributed by atoms with E-state index in [9.17, 15) is 98.7 Å². The Morgan fingerprint density at radius 1 is 0.426 bits per heavy atom. The predicted octanol–water partition coefficient (Wildman–Crippen LogP) is -7.13. The van der Waals surface area contributed by atoms with E-state index in [1.807, 2.05) is 0 Å². The molecule has 2 heterocycles. The van der Waals surface area contributed by atoms with Gasteiger partial charge in [-0.2, -0.15) is 0 Å². The zero-order valence-electron chi connectivity index (χ0n) is 62.9. The highest BCUT2D eigenvalue weighted by molar-refractivity contribution is 5.80. The Morgan fingerprint density at radius 2 is 0.787 bits per heavy atom. The minimum Gasteiger partial charge on any atom is -0.394 e. The smallest absolute Gasteiger partial charge is 0.222 e. The quantitative estimate of drug-likeness (QED) is 0.0199. The van der Waals surface area contributed by atoms with Crippen molar-refractivity contribution < 1.29 is 141 Å². The van der Waals surface area contributed by atoms with Crippen molar-refractivity contribution in [3.63, 3.8) is 0 Å². The number of carbonyl (C=O) groups is 11. The molecule has 11 amide bonds. The lowest BCUT2D eigenvalue weighted by molar-refractivity contribution is -0.270. The molecule has 0 aromatic rings. The Morgan fingerprint density at radius 3 is 1.13 bits per heavy atom. The van der Waals surface area contributed by atoms with Crippen LogP contribution in [0.3, 0.4) is 0 Å². The fourth-order valence-electron chi connectivity index (χ4n) is 10.8. The molecule has 40 nitrogen and oxygen atoms in total. The number of nitrogens with one attached hydrogen (secondary N) is 11. The first-order valence-electron chi connectivity index (χ1n) is 36.9. The molecular formula is C68H123N11O29. The van der Waals surface area contributed by atoms with Crippen LogP contribution in [0.2, 0.25) is 0 Å². The Labute approximate surface area is 629 Å². The average Bonchev–Trinajstić information content (AvgIpc) is 0.815. The molecule has 15 atom stereocenters. The molecule has 2 aliphatic heterocycles. The van der Waals surface area contributed by atoms with Crippen LogP contribution in [0.25, 0.3) is 0 Å². The molecule has 2 aliphatic rings. The molecule has 9 unspecified atom stereocenters. The van der Waals surface area contributed by atoms with Crippen LogP contribution in [0.1, 0.15) is 143 Å². The first-order chi connectivity index (χ1) is 51.6. The maximum absolute atomic E-state index is 13.6. The van der Waals surface area contributed by atoms with Gasteiger partial charge in [0.1, 0.15) is 66.5 Å².